The lowest BCUT2D eigenvalue weighted by Gasteiger charge is -2.17. The zero-order valence-electron chi connectivity index (χ0n) is 14.3. The second kappa shape index (κ2) is 7.12. The topological polar surface area (TPSA) is 0 Å². The van der Waals surface area contributed by atoms with Crippen LogP contribution in [0.25, 0.3) is 33.4 Å². The van der Waals surface area contributed by atoms with Crippen molar-refractivity contribution in [3.05, 3.63) is 108 Å². The molecule has 0 aliphatic rings. The van der Waals surface area contributed by atoms with Crippen molar-refractivity contribution in [1.29, 1.82) is 0 Å². The van der Waals surface area contributed by atoms with Crippen molar-refractivity contribution in [1.82, 2.24) is 0 Å². The van der Waals surface area contributed by atoms with Gasteiger partial charge in [-0.3, -0.25) is 0 Å². The van der Waals surface area contributed by atoms with Gasteiger partial charge in [0.05, 0.1) is 0 Å². The van der Waals surface area contributed by atoms with E-state index in [9.17, 15) is 13.2 Å². The first kappa shape index (κ1) is 17.1. The van der Waals surface area contributed by atoms with Crippen molar-refractivity contribution in [3.63, 3.8) is 0 Å². The van der Waals surface area contributed by atoms with Crippen LogP contribution in [0.15, 0.2) is 91.0 Å². The standard InChI is InChI=1S/C24H15F3/c25-18-10-6-9-17(15-18)19-13-14-22(27)23(16-7-2-1-3-8-16)24(19)20-11-4-5-12-21(20)26/h1-15H. The molecule has 0 aromatic heterocycles. The molecule has 0 aliphatic heterocycles. The molecule has 0 fully saturated rings. The number of rotatable bonds is 3. The maximum absolute atomic E-state index is 14.9. The van der Waals surface area contributed by atoms with Crippen LogP contribution in [0.4, 0.5) is 13.2 Å². The monoisotopic (exact) mass is 360 g/mol. The molecular weight excluding hydrogens is 345 g/mol. The van der Waals surface area contributed by atoms with Crippen molar-refractivity contribution in [3.8, 4) is 33.4 Å². The van der Waals surface area contributed by atoms with Gasteiger partial charge in [-0.05, 0) is 41.0 Å². The fourth-order valence-electron chi connectivity index (χ4n) is 3.30. The Balaban J connectivity index is 2.11. The average Bonchev–Trinajstić information content (AvgIpc) is 2.69. The van der Waals surface area contributed by atoms with Crippen LogP contribution in [-0.4, -0.2) is 0 Å². The van der Waals surface area contributed by atoms with E-state index in [1.807, 2.05) is 6.07 Å². The van der Waals surface area contributed by atoms with E-state index in [-0.39, 0.29) is 5.56 Å². The zero-order valence-corrected chi connectivity index (χ0v) is 14.3. The van der Waals surface area contributed by atoms with Gasteiger partial charge in [-0.25, -0.2) is 13.2 Å². The summed E-state index contributed by atoms with van der Waals surface area (Å²) in [5.41, 5.74) is 2.74. The molecular formula is C24H15F3. The van der Waals surface area contributed by atoms with Crippen LogP contribution in [-0.2, 0) is 0 Å². The molecule has 0 saturated carbocycles. The molecule has 0 bridgehead atoms. The van der Waals surface area contributed by atoms with Crippen LogP contribution >= 0.6 is 0 Å². The molecule has 0 unspecified atom stereocenters. The molecule has 4 rings (SSSR count). The number of halogens is 3. The van der Waals surface area contributed by atoms with Gasteiger partial charge < -0.3 is 0 Å². The quantitative estimate of drug-likeness (QED) is 0.365. The molecule has 0 atom stereocenters. The van der Waals surface area contributed by atoms with Gasteiger partial charge in [0.15, 0.2) is 0 Å². The van der Waals surface area contributed by atoms with Gasteiger partial charge in [0.25, 0.3) is 0 Å². The molecule has 0 nitrogen and oxygen atoms in total. The maximum atomic E-state index is 14.9. The summed E-state index contributed by atoms with van der Waals surface area (Å²) in [5.74, 6) is -1.32. The van der Waals surface area contributed by atoms with E-state index in [2.05, 4.69) is 0 Å². The van der Waals surface area contributed by atoms with E-state index in [4.69, 9.17) is 0 Å². The lowest BCUT2D eigenvalue weighted by Crippen LogP contribution is -1.96. The van der Waals surface area contributed by atoms with Gasteiger partial charge in [0.1, 0.15) is 17.5 Å². The third-order valence-corrected chi connectivity index (χ3v) is 4.50. The number of hydrogen-bond donors (Lipinski definition) is 0. The fraction of sp³-hybridized carbons (Fsp3) is 0. The van der Waals surface area contributed by atoms with E-state index >= 15 is 0 Å². The third-order valence-electron chi connectivity index (χ3n) is 4.50. The average molecular weight is 360 g/mol. The molecule has 0 radical (unpaired) electrons. The Labute approximate surface area is 155 Å². The molecule has 132 valence electrons. The van der Waals surface area contributed by atoms with Crippen LogP contribution in [0.3, 0.4) is 0 Å². The van der Waals surface area contributed by atoms with Crippen LogP contribution in [0.2, 0.25) is 0 Å². The smallest absolute Gasteiger partial charge is 0.131 e. The molecule has 0 aliphatic carbocycles. The largest absolute Gasteiger partial charge is 0.207 e. The van der Waals surface area contributed by atoms with Crippen LogP contribution < -0.4 is 0 Å². The fourth-order valence-corrected chi connectivity index (χ4v) is 3.30. The minimum absolute atomic E-state index is 0.273. The Hall–Kier alpha value is -3.33. The van der Waals surface area contributed by atoms with Crippen molar-refractivity contribution in [2.75, 3.05) is 0 Å². The Morgan fingerprint density at radius 2 is 1.15 bits per heavy atom. The highest BCUT2D eigenvalue weighted by molar-refractivity contribution is 5.94. The molecule has 0 heterocycles. The highest BCUT2D eigenvalue weighted by atomic mass is 19.1. The Morgan fingerprint density at radius 3 is 1.89 bits per heavy atom. The summed E-state index contributed by atoms with van der Waals surface area (Å²) in [4.78, 5) is 0. The first-order chi connectivity index (χ1) is 13.1. The second-order valence-electron chi connectivity index (χ2n) is 6.20. The summed E-state index contributed by atoms with van der Waals surface area (Å²) in [6.07, 6.45) is 0. The summed E-state index contributed by atoms with van der Waals surface area (Å²) in [6, 6.07) is 24.2. The van der Waals surface area contributed by atoms with Gasteiger partial charge in [-0.1, -0.05) is 66.7 Å². The Morgan fingerprint density at radius 1 is 0.444 bits per heavy atom. The number of hydrogen-bond acceptors (Lipinski definition) is 0. The first-order valence-corrected chi connectivity index (χ1v) is 8.54. The van der Waals surface area contributed by atoms with Gasteiger partial charge in [0, 0.05) is 16.7 Å². The van der Waals surface area contributed by atoms with Gasteiger partial charge in [-0.15, -0.1) is 0 Å². The van der Waals surface area contributed by atoms with E-state index in [1.165, 1.54) is 24.3 Å². The van der Waals surface area contributed by atoms with E-state index in [0.717, 1.165) is 0 Å². The normalized spacial score (nSPS) is 10.8. The summed E-state index contributed by atoms with van der Waals surface area (Å²) >= 11 is 0. The highest BCUT2D eigenvalue weighted by Crippen LogP contribution is 2.42. The number of benzene rings is 4. The lowest BCUT2D eigenvalue weighted by molar-refractivity contribution is 0.627. The van der Waals surface area contributed by atoms with Gasteiger partial charge >= 0.3 is 0 Å². The maximum Gasteiger partial charge on any atom is 0.131 e. The third kappa shape index (κ3) is 3.24. The molecule has 4 aromatic carbocycles. The van der Waals surface area contributed by atoms with E-state index in [0.29, 0.717) is 27.8 Å². The van der Waals surface area contributed by atoms with Crippen LogP contribution in [0.5, 0.6) is 0 Å². The summed E-state index contributed by atoms with van der Waals surface area (Å²) < 4.78 is 43.4. The highest BCUT2D eigenvalue weighted by Gasteiger charge is 2.20. The molecule has 3 heteroatoms. The first-order valence-electron chi connectivity index (χ1n) is 8.54. The van der Waals surface area contributed by atoms with Crippen molar-refractivity contribution < 1.29 is 13.2 Å². The summed E-state index contributed by atoms with van der Waals surface area (Å²) in [7, 11) is 0. The lowest BCUT2D eigenvalue weighted by atomic mass is 9.87. The van der Waals surface area contributed by atoms with E-state index < -0.39 is 17.5 Å². The molecule has 27 heavy (non-hydrogen) atoms. The second-order valence-corrected chi connectivity index (χ2v) is 6.20. The minimum atomic E-state index is -0.460. The Bertz CT molecular complexity index is 1100. The SMILES string of the molecule is Fc1cccc(-c2ccc(F)c(-c3ccccc3)c2-c2ccccc2F)c1. The van der Waals surface area contributed by atoms with Crippen LogP contribution in [0.1, 0.15) is 0 Å². The summed E-state index contributed by atoms with van der Waals surface area (Å²) in [5, 5.41) is 0. The van der Waals surface area contributed by atoms with E-state index in [1.54, 1.807) is 60.7 Å². The zero-order chi connectivity index (χ0) is 18.8. The van der Waals surface area contributed by atoms with Crippen molar-refractivity contribution in [2.45, 2.75) is 0 Å². The van der Waals surface area contributed by atoms with Crippen molar-refractivity contribution in [2.24, 2.45) is 0 Å². The van der Waals surface area contributed by atoms with Gasteiger partial charge in [0.2, 0.25) is 0 Å². The van der Waals surface area contributed by atoms with Crippen LogP contribution in [0, 0.1) is 17.5 Å². The predicted molar refractivity (Wildman–Crippen MR) is 103 cm³/mol. The molecule has 0 N–H and O–H groups in total. The molecule has 4 aromatic rings. The van der Waals surface area contributed by atoms with Gasteiger partial charge in [-0.2, -0.15) is 0 Å². The van der Waals surface area contributed by atoms with Crippen molar-refractivity contribution >= 4 is 0 Å². The molecule has 0 spiro atoms. The Kier molecular flexibility index (Phi) is 4.51. The minimum Gasteiger partial charge on any atom is -0.207 e. The predicted octanol–water partition coefficient (Wildman–Crippen LogP) is 7.10. The summed E-state index contributed by atoms with van der Waals surface area (Å²) in [6.45, 7) is 0. The molecule has 0 amide bonds. The molecule has 0 saturated heterocycles.